The smallest absolute Gasteiger partial charge is 0.313 e. The van der Waals surface area contributed by atoms with Crippen LogP contribution in [0.25, 0.3) is 0 Å². The van der Waals surface area contributed by atoms with Gasteiger partial charge in [-0.2, -0.15) is 0 Å². The molecule has 0 bridgehead atoms. The van der Waals surface area contributed by atoms with Gasteiger partial charge in [-0.1, -0.05) is 19.4 Å². The lowest BCUT2D eigenvalue weighted by atomic mass is 10.3. The Morgan fingerprint density at radius 3 is 2.72 bits per heavy atom. The highest BCUT2D eigenvalue weighted by atomic mass is 16.5. The molecule has 2 N–H and O–H groups in total. The third-order valence-electron chi connectivity index (χ3n) is 2.35. The molecule has 0 atom stereocenters. The van der Waals surface area contributed by atoms with Crippen molar-refractivity contribution in [2.24, 2.45) is 0 Å². The Kier molecular flexibility index (Phi) is 5.70. The Morgan fingerprint density at radius 1 is 1.28 bits per heavy atom. The summed E-state index contributed by atoms with van der Waals surface area (Å²) in [5.41, 5.74) is 0.532. The molecule has 2 amide bonds. The van der Waals surface area contributed by atoms with E-state index in [-0.39, 0.29) is 0 Å². The summed E-state index contributed by atoms with van der Waals surface area (Å²) in [6.07, 6.45) is 1.83. The molecule has 18 heavy (non-hydrogen) atoms. The van der Waals surface area contributed by atoms with Crippen LogP contribution in [0.5, 0.6) is 5.75 Å². The average molecular weight is 250 g/mol. The summed E-state index contributed by atoms with van der Waals surface area (Å²) in [5.74, 6) is -0.662. The van der Waals surface area contributed by atoms with Crippen molar-refractivity contribution in [2.45, 2.75) is 19.8 Å². The molecule has 98 valence electrons. The molecule has 0 aliphatic carbocycles. The van der Waals surface area contributed by atoms with Gasteiger partial charge in [-0.25, -0.2) is 0 Å². The van der Waals surface area contributed by atoms with Gasteiger partial charge in [0.15, 0.2) is 0 Å². The number of rotatable bonds is 5. The van der Waals surface area contributed by atoms with Crippen molar-refractivity contribution >= 4 is 17.5 Å². The van der Waals surface area contributed by atoms with Gasteiger partial charge in [-0.15, -0.1) is 0 Å². The number of unbranched alkanes of at least 4 members (excludes halogenated alkanes) is 1. The minimum absolute atomic E-state index is 0.515. The first-order valence-corrected chi connectivity index (χ1v) is 5.90. The second-order valence-corrected chi connectivity index (χ2v) is 3.80. The number of amides is 2. The third-order valence-corrected chi connectivity index (χ3v) is 2.35. The van der Waals surface area contributed by atoms with E-state index in [1.54, 1.807) is 31.4 Å². The maximum Gasteiger partial charge on any atom is 0.313 e. The van der Waals surface area contributed by atoms with E-state index in [2.05, 4.69) is 10.6 Å². The Balaban J connectivity index is 2.50. The number of carbonyl (C=O) groups is 2. The highest BCUT2D eigenvalue weighted by Crippen LogP contribution is 2.16. The van der Waals surface area contributed by atoms with Gasteiger partial charge in [0.1, 0.15) is 5.75 Å². The second kappa shape index (κ2) is 7.32. The standard InChI is InChI=1S/C13H18N2O3/c1-3-4-8-14-12(16)13(17)15-10-6-5-7-11(9-10)18-2/h5-7,9H,3-4,8H2,1-2H3,(H,14,16)(H,15,17). The van der Waals surface area contributed by atoms with Crippen molar-refractivity contribution in [3.05, 3.63) is 24.3 Å². The SMILES string of the molecule is CCCCNC(=O)C(=O)Nc1cccc(OC)c1. The average Bonchev–Trinajstić information content (AvgIpc) is 2.39. The molecular formula is C13H18N2O3. The molecule has 0 spiro atoms. The van der Waals surface area contributed by atoms with Gasteiger partial charge >= 0.3 is 11.8 Å². The normalized spacial score (nSPS) is 9.67. The Morgan fingerprint density at radius 2 is 2.06 bits per heavy atom. The summed E-state index contributed by atoms with van der Waals surface area (Å²) in [7, 11) is 1.54. The molecule has 0 saturated carbocycles. The lowest BCUT2D eigenvalue weighted by Crippen LogP contribution is -2.35. The van der Waals surface area contributed by atoms with Crippen LogP contribution in [0.4, 0.5) is 5.69 Å². The monoisotopic (exact) mass is 250 g/mol. The summed E-state index contributed by atoms with van der Waals surface area (Å²) >= 11 is 0. The number of methoxy groups -OCH3 is 1. The molecule has 1 aromatic rings. The summed E-state index contributed by atoms with van der Waals surface area (Å²) in [6, 6.07) is 6.84. The number of hydrogen-bond donors (Lipinski definition) is 2. The van der Waals surface area contributed by atoms with Crippen molar-refractivity contribution in [2.75, 3.05) is 19.0 Å². The third kappa shape index (κ3) is 4.45. The minimum Gasteiger partial charge on any atom is -0.497 e. The van der Waals surface area contributed by atoms with Crippen molar-refractivity contribution in [3.8, 4) is 5.75 Å². The largest absolute Gasteiger partial charge is 0.497 e. The number of benzene rings is 1. The topological polar surface area (TPSA) is 67.4 Å². The van der Waals surface area contributed by atoms with Crippen molar-refractivity contribution in [3.63, 3.8) is 0 Å². The van der Waals surface area contributed by atoms with Crippen LogP contribution in [-0.2, 0) is 9.59 Å². The van der Waals surface area contributed by atoms with E-state index in [9.17, 15) is 9.59 Å². The quantitative estimate of drug-likeness (QED) is 0.615. The van der Waals surface area contributed by atoms with Gasteiger partial charge in [0.25, 0.3) is 0 Å². The van der Waals surface area contributed by atoms with Crippen LogP contribution in [0.15, 0.2) is 24.3 Å². The zero-order chi connectivity index (χ0) is 13.4. The van der Waals surface area contributed by atoms with E-state index in [0.29, 0.717) is 18.0 Å². The minimum atomic E-state index is -0.667. The highest BCUT2D eigenvalue weighted by Gasteiger charge is 2.12. The Hall–Kier alpha value is -2.04. The molecule has 0 aliphatic rings. The van der Waals surface area contributed by atoms with Crippen LogP contribution in [0.1, 0.15) is 19.8 Å². The lowest BCUT2D eigenvalue weighted by molar-refractivity contribution is -0.136. The number of carbonyl (C=O) groups excluding carboxylic acids is 2. The summed E-state index contributed by atoms with van der Waals surface area (Å²) in [5, 5.41) is 5.06. The molecule has 5 nitrogen and oxygen atoms in total. The van der Waals surface area contributed by atoms with E-state index in [1.165, 1.54) is 0 Å². The van der Waals surface area contributed by atoms with Gasteiger partial charge in [-0.05, 0) is 18.6 Å². The Bertz CT molecular complexity index is 418. The molecule has 5 heteroatoms. The van der Waals surface area contributed by atoms with Crippen LogP contribution in [0.2, 0.25) is 0 Å². The molecule has 0 unspecified atom stereocenters. The molecule has 0 fully saturated rings. The lowest BCUT2D eigenvalue weighted by Gasteiger charge is -2.07. The van der Waals surface area contributed by atoms with Crippen LogP contribution in [0.3, 0.4) is 0 Å². The van der Waals surface area contributed by atoms with E-state index >= 15 is 0 Å². The second-order valence-electron chi connectivity index (χ2n) is 3.80. The van der Waals surface area contributed by atoms with Crippen LogP contribution < -0.4 is 15.4 Å². The predicted octanol–water partition coefficient (Wildman–Crippen LogP) is 1.55. The summed E-state index contributed by atoms with van der Waals surface area (Å²) in [6.45, 7) is 2.53. The van der Waals surface area contributed by atoms with Crippen molar-refractivity contribution in [1.29, 1.82) is 0 Å². The fourth-order valence-corrected chi connectivity index (χ4v) is 1.35. The summed E-state index contributed by atoms with van der Waals surface area (Å²) < 4.78 is 5.02. The zero-order valence-electron chi connectivity index (χ0n) is 10.7. The highest BCUT2D eigenvalue weighted by molar-refractivity contribution is 6.39. The molecule has 0 heterocycles. The van der Waals surface area contributed by atoms with Gasteiger partial charge in [0.05, 0.1) is 7.11 Å². The van der Waals surface area contributed by atoms with Crippen LogP contribution >= 0.6 is 0 Å². The van der Waals surface area contributed by atoms with Gasteiger partial charge < -0.3 is 15.4 Å². The van der Waals surface area contributed by atoms with Crippen molar-refractivity contribution in [1.82, 2.24) is 5.32 Å². The molecule has 0 aromatic heterocycles. The number of anilines is 1. The first-order chi connectivity index (χ1) is 8.67. The van der Waals surface area contributed by atoms with E-state index < -0.39 is 11.8 Å². The van der Waals surface area contributed by atoms with Gasteiger partial charge in [-0.3, -0.25) is 9.59 Å². The van der Waals surface area contributed by atoms with Crippen molar-refractivity contribution < 1.29 is 14.3 Å². The van der Waals surface area contributed by atoms with E-state index in [4.69, 9.17) is 4.74 Å². The number of ether oxygens (including phenoxy) is 1. The van der Waals surface area contributed by atoms with Gasteiger partial charge in [0.2, 0.25) is 0 Å². The first kappa shape index (κ1) is 14.0. The fraction of sp³-hybridized carbons (Fsp3) is 0.385. The van der Waals surface area contributed by atoms with Crippen LogP contribution in [0, 0.1) is 0 Å². The van der Waals surface area contributed by atoms with Crippen LogP contribution in [-0.4, -0.2) is 25.5 Å². The van der Waals surface area contributed by atoms with Gasteiger partial charge in [0, 0.05) is 18.3 Å². The molecule has 1 rings (SSSR count). The molecule has 0 radical (unpaired) electrons. The molecule has 1 aromatic carbocycles. The molecule has 0 aliphatic heterocycles. The molecular weight excluding hydrogens is 232 g/mol. The zero-order valence-corrected chi connectivity index (χ0v) is 10.7. The van der Waals surface area contributed by atoms with E-state index in [0.717, 1.165) is 12.8 Å². The maximum atomic E-state index is 11.5. The van der Waals surface area contributed by atoms with E-state index in [1.807, 2.05) is 6.92 Å². The predicted molar refractivity (Wildman–Crippen MR) is 69.5 cm³/mol. The molecule has 0 saturated heterocycles. The summed E-state index contributed by atoms with van der Waals surface area (Å²) in [4.78, 5) is 23.0. The number of nitrogens with one attached hydrogen (secondary N) is 2. The maximum absolute atomic E-state index is 11.5. The number of hydrogen-bond acceptors (Lipinski definition) is 3. The fourth-order valence-electron chi connectivity index (χ4n) is 1.35. The first-order valence-electron chi connectivity index (χ1n) is 5.90. The Labute approximate surface area is 107 Å².